The van der Waals surface area contributed by atoms with Crippen LogP contribution < -0.4 is 22.1 Å². The van der Waals surface area contributed by atoms with Crippen molar-refractivity contribution in [1.82, 2.24) is 30.2 Å². The summed E-state index contributed by atoms with van der Waals surface area (Å²) < 4.78 is 62.0. The molecular formula is C25H43N8O17P3S. The fraction of sp³-hybridized carbons (Fsp3) is 0.680. The largest absolute Gasteiger partial charge is 0.481 e. The number of rotatable bonds is 20. The molecule has 25 nitrogen and oxygen atoms in total. The Morgan fingerprint density at radius 2 is 1.69 bits per heavy atom. The molecule has 54 heavy (non-hydrogen) atoms. The van der Waals surface area contributed by atoms with E-state index in [-0.39, 0.29) is 47.4 Å². The molecule has 2 aromatic heterocycles. The summed E-state index contributed by atoms with van der Waals surface area (Å²) in [6, 6.07) is 0. The third-order valence-electron chi connectivity index (χ3n) is 7.26. The number of amides is 2. The highest BCUT2D eigenvalue weighted by atomic mass is 32.2. The van der Waals surface area contributed by atoms with Gasteiger partial charge >= 0.3 is 23.5 Å². The van der Waals surface area contributed by atoms with Gasteiger partial charge in [0, 0.05) is 30.7 Å². The van der Waals surface area contributed by atoms with Crippen LogP contribution in [0.1, 0.15) is 40.3 Å². The molecule has 306 valence electrons. The summed E-state index contributed by atoms with van der Waals surface area (Å²) in [6.07, 6.45) is -6.96. The third-order valence-corrected chi connectivity index (χ3v) is 11.6. The number of phosphoric ester groups is 3. The number of aromatic nitrogens is 4. The zero-order valence-corrected chi connectivity index (χ0v) is 32.7. The zero-order chi connectivity index (χ0) is 40.9. The van der Waals surface area contributed by atoms with E-state index in [1.165, 1.54) is 13.8 Å². The van der Waals surface area contributed by atoms with Crippen molar-refractivity contribution >= 4 is 69.1 Å². The third kappa shape index (κ3) is 13.3. The number of aliphatic hydroxyl groups excluding tert-OH is 2. The van der Waals surface area contributed by atoms with Gasteiger partial charge in [0.05, 0.1) is 25.1 Å². The van der Waals surface area contributed by atoms with E-state index in [0.29, 0.717) is 0 Å². The Labute approximate surface area is 311 Å². The lowest BCUT2D eigenvalue weighted by Crippen LogP contribution is -2.46. The first kappa shape index (κ1) is 45.9. The first-order chi connectivity index (χ1) is 24.7. The Morgan fingerprint density at radius 3 is 2.31 bits per heavy atom. The fourth-order valence-corrected chi connectivity index (χ4v) is 8.05. The van der Waals surface area contributed by atoms with Crippen LogP contribution in [-0.2, 0) is 50.7 Å². The van der Waals surface area contributed by atoms with Crippen LogP contribution >= 0.6 is 35.2 Å². The summed E-state index contributed by atoms with van der Waals surface area (Å²) in [5.41, 5.74) is 8.91. The number of anilines is 1. The number of nitrogens with two attached hydrogens (primary N) is 2. The van der Waals surface area contributed by atoms with Crippen molar-refractivity contribution < 1.29 is 80.5 Å². The van der Waals surface area contributed by atoms with Crippen LogP contribution in [0.25, 0.3) is 11.2 Å². The molecule has 0 spiro atoms. The molecule has 7 atom stereocenters. The van der Waals surface area contributed by atoms with E-state index in [4.69, 9.17) is 25.3 Å². The molecule has 0 saturated carbocycles. The van der Waals surface area contributed by atoms with Crippen molar-refractivity contribution in [3.05, 3.63) is 12.7 Å². The van der Waals surface area contributed by atoms with Gasteiger partial charge in [-0.2, -0.15) is 4.31 Å². The molecule has 1 saturated heterocycles. The van der Waals surface area contributed by atoms with E-state index in [2.05, 4.69) is 34.4 Å². The number of aliphatic hydroxyl groups is 2. The number of nitrogen functional groups attached to an aromatic ring is 1. The maximum Gasteiger partial charge on any atom is 0.481 e. The van der Waals surface area contributed by atoms with E-state index in [9.17, 15) is 57.9 Å². The van der Waals surface area contributed by atoms with Gasteiger partial charge in [0.15, 0.2) is 17.7 Å². The van der Waals surface area contributed by atoms with E-state index < -0.39 is 90.1 Å². The lowest BCUT2D eigenvalue weighted by molar-refractivity contribution is -0.137. The van der Waals surface area contributed by atoms with Gasteiger partial charge in [-0.05, 0) is 13.8 Å². The number of thioether (sulfide) groups is 1. The Hall–Kier alpha value is -2.48. The SMILES string of the molecule is CC(C)(N)C(=O)SCCNC(=O)CCNC(=O)C(O)C(C)(C)COP(=O)(O)OP(=O)(O)OCC1OC(n2cnc3c(N)ncnc32)C(O)C1OP(=O)(O)O. The highest BCUT2D eigenvalue weighted by Gasteiger charge is 2.50. The summed E-state index contributed by atoms with van der Waals surface area (Å²) in [6.45, 7) is 3.50. The van der Waals surface area contributed by atoms with Crippen LogP contribution in [0.2, 0.25) is 0 Å². The van der Waals surface area contributed by atoms with E-state index >= 15 is 0 Å². The molecule has 3 heterocycles. The van der Waals surface area contributed by atoms with E-state index in [1.807, 2.05) is 0 Å². The summed E-state index contributed by atoms with van der Waals surface area (Å²) in [7, 11) is -16.4. The zero-order valence-electron chi connectivity index (χ0n) is 29.2. The molecule has 1 fully saturated rings. The molecule has 7 unspecified atom stereocenters. The highest BCUT2D eigenvalue weighted by molar-refractivity contribution is 8.13. The number of fused-ring (bicyclic) bond motifs is 1. The van der Waals surface area contributed by atoms with Gasteiger partial charge in [0.1, 0.15) is 36.3 Å². The van der Waals surface area contributed by atoms with Gasteiger partial charge in [0.2, 0.25) is 16.9 Å². The number of carbonyl (C=O) groups is 3. The van der Waals surface area contributed by atoms with Crippen molar-refractivity contribution in [3.63, 3.8) is 0 Å². The number of imidazole rings is 1. The van der Waals surface area contributed by atoms with E-state index in [0.717, 1.165) is 29.0 Å². The molecule has 1 aliphatic rings. The average Bonchev–Trinajstić information content (AvgIpc) is 3.60. The van der Waals surface area contributed by atoms with Gasteiger partial charge in [-0.15, -0.1) is 0 Å². The number of nitrogens with one attached hydrogen (secondary N) is 2. The van der Waals surface area contributed by atoms with Crippen LogP contribution in [0, 0.1) is 5.41 Å². The predicted octanol–water partition coefficient (Wildman–Crippen LogP) is -1.60. The lowest BCUT2D eigenvalue weighted by atomic mass is 9.87. The maximum atomic E-state index is 12.6. The van der Waals surface area contributed by atoms with Gasteiger partial charge in [-0.3, -0.25) is 32.5 Å². The Kier molecular flexibility index (Phi) is 15.5. The van der Waals surface area contributed by atoms with Crippen LogP contribution in [0.15, 0.2) is 12.7 Å². The summed E-state index contributed by atoms with van der Waals surface area (Å²) in [5, 5.41) is 26.0. The van der Waals surface area contributed by atoms with Crippen molar-refractivity contribution in [2.75, 3.05) is 37.8 Å². The Bertz CT molecular complexity index is 1810. The second-order valence-corrected chi connectivity index (χ2v) is 18.2. The molecule has 0 aliphatic carbocycles. The normalized spacial score (nSPS) is 22.4. The van der Waals surface area contributed by atoms with Crippen molar-refractivity contribution in [2.45, 2.75) is 70.3 Å². The summed E-state index contributed by atoms with van der Waals surface area (Å²) >= 11 is 0.952. The molecular weight excluding hydrogens is 809 g/mol. The highest BCUT2D eigenvalue weighted by Crippen LogP contribution is 2.61. The molecule has 2 amide bonds. The quantitative estimate of drug-likeness (QED) is 0.0530. The minimum absolute atomic E-state index is 0.0277. The second-order valence-electron chi connectivity index (χ2n) is 12.9. The van der Waals surface area contributed by atoms with Crippen LogP contribution in [0.3, 0.4) is 0 Å². The number of nitrogens with zero attached hydrogens (tertiary/aromatic N) is 4. The lowest BCUT2D eigenvalue weighted by Gasteiger charge is -2.30. The Morgan fingerprint density at radius 1 is 1.04 bits per heavy atom. The summed E-state index contributed by atoms with van der Waals surface area (Å²) in [5.74, 6) is -1.23. The number of carbonyl (C=O) groups excluding carboxylic acids is 3. The topological polar surface area (TPSA) is 390 Å². The van der Waals surface area contributed by atoms with Gasteiger partial charge in [-0.1, -0.05) is 25.6 Å². The molecule has 0 aromatic carbocycles. The first-order valence-corrected chi connectivity index (χ1v) is 21.1. The monoisotopic (exact) mass is 852 g/mol. The van der Waals surface area contributed by atoms with Crippen molar-refractivity contribution in [1.29, 1.82) is 0 Å². The first-order valence-electron chi connectivity index (χ1n) is 15.6. The molecule has 0 bridgehead atoms. The number of hydrogen-bond donors (Lipinski definition) is 10. The van der Waals surface area contributed by atoms with E-state index in [1.54, 1.807) is 13.8 Å². The van der Waals surface area contributed by atoms with Gasteiger partial charge < -0.3 is 56.6 Å². The fourth-order valence-electron chi connectivity index (χ4n) is 4.46. The number of phosphoric acid groups is 3. The predicted molar refractivity (Wildman–Crippen MR) is 185 cm³/mol. The molecule has 1 aliphatic heterocycles. The molecule has 2 aromatic rings. The van der Waals surface area contributed by atoms with Gasteiger partial charge in [0.25, 0.3) is 0 Å². The van der Waals surface area contributed by atoms with Crippen LogP contribution in [0.4, 0.5) is 5.82 Å². The number of ether oxygens (including phenoxy) is 1. The smallest absolute Gasteiger partial charge is 0.386 e. The van der Waals surface area contributed by atoms with Crippen molar-refractivity contribution in [3.8, 4) is 0 Å². The van der Waals surface area contributed by atoms with Crippen molar-refractivity contribution in [2.24, 2.45) is 11.1 Å². The molecule has 29 heteroatoms. The Balaban J connectivity index is 1.51. The maximum absolute atomic E-state index is 12.6. The average molecular weight is 853 g/mol. The minimum Gasteiger partial charge on any atom is -0.386 e. The number of hydrogen-bond acceptors (Lipinski definition) is 19. The minimum atomic E-state index is -5.57. The standard InChI is InChI=1S/C25H43N8O17P3S/c1-24(2,18(36)21(37)29-6-5-14(34)28-7-8-54-23(38)25(3,4)27)10-47-53(44,45)50-52(42,43)46-9-13-17(49-51(39,40)41)16(35)22(48-13)33-12-32-15-19(26)30-11-31-20(15)33/h11-13,16-18,22,35-36H,5-10,27H2,1-4H3,(H,28,34)(H,29,37)(H,42,43)(H,44,45)(H2,26,30,31)(H2,39,40,41). The molecule has 12 N–H and O–H groups in total. The van der Waals surface area contributed by atoms with Gasteiger partial charge in [-0.25, -0.2) is 28.6 Å². The molecule has 3 rings (SSSR count). The molecule has 0 radical (unpaired) electrons. The van der Waals surface area contributed by atoms with Crippen LogP contribution in [0.5, 0.6) is 0 Å². The van der Waals surface area contributed by atoms with Crippen LogP contribution in [-0.4, -0.2) is 128 Å². The summed E-state index contributed by atoms with van der Waals surface area (Å²) in [4.78, 5) is 87.2. The second kappa shape index (κ2) is 18.2.